The highest BCUT2D eigenvalue weighted by atomic mass is 16.2. The minimum Gasteiger partial charge on any atom is -0.341 e. The van der Waals surface area contributed by atoms with E-state index >= 15 is 0 Å². The molecule has 2 fully saturated rings. The van der Waals surface area contributed by atoms with Crippen molar-refractivity contribution >= 4 is 5.91 Å². The molecule has 4 nitrogen and oxygen atoms in total. The number of amides is 1. The van der Waals surface area contributed by atoms with E-state index in [4.69, 9.17) is 0 Å². The third kappa shape index (κ3) is 3.48. The van der Waals surface area contributed by atoms with Crippen molar-refractivity contribution in [2.24, 2.45) is 5.92 Å². The van der Waals surface area contributed by atoms with Crippen LogP contribution >= 0.6 is 0 Å². The van der Waals surface area contributed by atoms with Crippen LogP contribution in [-0.4, -0.2) is 33.4 Å². The predicted octanol–water partition coefficient (Wildman–Crippen LogP) is 3.75. The van der Waals surface area contributed by atoms with Crippen LogP contribution in [0.1, 0.15) is 55.1 Å². The van der Waals surface area contributed by atoms with Crippen molar-refractivity contribution in [3.8, 4) is 0 Å². The fourth-order valence-corrected chi connectivity index (χ4v) is 4.21. The predicted molar refractivity (Wildman–Crippen MR) is 98.4 cm³/mol. The number of hydrogen-bond donors (Lipinski definition) is 0. The van der Waals surface area contributed by atoms with Gasteiger partial charge in [0.2, 0.25) is 5.91 Å². The van der Waals surface area contributed by atoms with Gasteiger partial charge in [0.15, 0.2) is 0 Å². The smallest absolute Gasteiger partial charge is 0.222 e. The summed E-state index contributed by atoms with van der Waals surface area (Å²) in [6.45, 7) is 4.63. The molecule has 4 rings (SSSR count). The first kappa shape index (κ1) is 16.4. The number of likely N-dealkylation sites (tertiary alicyclic amines) is 1. The maximum atomic E-state index is 12.4. The Morgan fingerprint density at radius 2 is 1.88 bits per heavy atom. The van der Waals surface area contributed by atoms with Crippen molar-refractivity contribution in [2.75, 3.05) is 13.1 Å². The lowest BCUT2D eigenvalue weighted by Crippen LogP contribution is -2.49. The van der Waals surface area contributed by atoms with Gasteiger partial charge in [0, 0.05) is 37.9 Å². The number of nitrogens with zero attached hydrogens (tertiary/aromatic N) is 3. The topological polar surface area (TPSA) is 38.1 Å². The van der Waals surface area contributed by atoms with Gasteiger partial charge in [-0.05, 0) is 31.2 Å². The number of imidazole rings is 1. The van der Waals surface area contributed by atoms with Crippen molar-refractivity contribution < 1.29 is 4.79 Å². The van der Waals surface area contributed by atoms with Gasteiger partial charge >= 0.3 is 0 Å². The molecule has 4 heteroatoms. The minimum atomic E-state index is 0.348. The molecule has 0 atom stereocenters. The highest BCUT2D eigenvalue weighted by Crippen LogP contribution is 2.32. The van der Waals surface area contributed by atoms with Crippen molar-refractivity contribution in [3.05, 3.63) is 53.6 Å². The van der Waals surface area contributed by atoms with E-state index in [1.54, 1.807) is 0 Å². The summed E-state index contributed by atoms with van der Waals surface area (Å²) in [5.74, 6) is 2.49. The summed E-state index contributed by atoms with van der Waals surface area (Å²) >= 11 is 0. The third-order valence-corrected chi connectivity index (χ3v) is 5.81. The number of carbonyl (C=O) groups excluding carboxylic acids is 1. The number of aromatic nitrogens is 2. The molecule has 1 aliphatic carbocycles. The molecule has 1 aliphatic heterocycles. The molecule has 1 saturated heterocycles. The number of hydrogen-bond acceptors (Lipinski definition) is 2. The van der Waals surface area contributed by atoms with Gasteiger partial charge in [0.25, 0.3) is 0 Å². The highest BCUT2D eigenvalue weighted by molar-refractivity contribution is 5.77. The second kappa shape index (κ2) is 7.03. The lowest BCUT2D eigenvalue weighted by molar-refractivity contribution is -0.136. The molecule has 0 N–H and O–H groups in total. The van der Waals surface area contributed by atoms with E-state index in [0.717, 1.165) is 31.9 Å². The molecule has 25 heavy (non-hydrogen) atoms. The first-order valence-electron chi connectivity index (χ1n) is 9.54. The largest absolute Gasteiger partial charge is 0.341 e. The first-order chi connectivity index (χ1) is 12.2. The van der Waals surface area contributed by atoms with Gasteiger partial charge in [-0.1, -0.05) is 43.2 Å². The van der Waals surface area contributed by atoms with Crippen LogP contribution in [0.25, 0.3) is 0 Å². The van der Waals surface area contributed by atoms with E-state index in [2.05, 4.69) is 40.7 Å². The van der Waals surface area contributed by atoms with Crippen LogP contribution in [0.15, 0.2) is 36.5 Å². The molecule has 2 aliphatic rings. The molecule has 1 saturated carbocycles. The Bertz CT molecular complexity index is 725. The van der Waals surface area contributed by atoms with Crippen LogP contribution in [-0.2, 0) is 11.3 Å². The zero-order chi connectivity index (χ0) is 17.2. The molecular formula is C21H27N3O. The fourth-order valence-electron chi connectivity index (χ4n) is 4.21. The lowest BCUT2D eigenvalue weighted by Gasteiger charge is -2.39. The second-order valence-corrected chi connectivity index (χ2v) is 7.68. The summed E-state index contributed by atoms with van der Waals surface area (Å²) in [6, 6.07) is 10.5. The Morgan fingerprint density at radius 3 is 2.60 bits per heavy atom. The molecule has 132 valence electrons. The highest BCUT2D eigenvalue weighted by Gasteiger charge is 2.35. The standard InChI is InChI=1S/C21H27N3O/c1-16-12-22-21(24(16)13-18-9-3-2-4-10-18)19-14-23(15-19)20(25)11-17-7-5-6-8-17/h2-4,9-10,12,17,19H,5-8,11,13-15H2,1H3. The van der Waals surface area contributed by atoms with Crippen LogP contribution in [0.4, 0.5) is 0 Å². The molecule has 2 heterocycles. The Kier molecular flexibility index (Phi) is 4.60. The molecule has 2 aromatic rings. The first-order valence-corrected chi connectivity index (χ1v) is 9.54. The van der Waals surface area contributed by atoms with E-state index in [0.29, 0.717) is 17.7 Å². The summed E-state index contributed by atoms with van der Waals surface area (Å²) in [7, 11) is 0. The molecule has 0 radical (unpaired) electrons. The quantitative estimate of drug-likeness (QED) is 0.833. The molecule has 1 aromatic heterocycles. The fraction of sp³-hybridized carbons (Fsp3) is 0.524. The Morgan fingerprint density at radius 1 is 1.16 bits per heavy atom. The lowest BCUT2D eigenvalue weighted by atomic mass is 9.96. The average Bonchev–Trinajstić information content (AvgIpc) is 3.19. The van der Waals surface area contributed by atoms with E-state index in [-0.39, 0.29) is 0 Å². The van der Waals surface area contributed by atoms with Crippen molar-refractivity contribution in [3.63, 3.8) is 0 Å². The third-order valence-electron chi connectivity index (χ3n) is 5.81. The van der Waals surface area contributed by atoms with Crippen molar-refractivity contribution in [2.45, 2.75) is 51.5 Å². The summed E-state index contributed by atoms with van der Waals surface area (Å²) in [4.78, 5) is 19.1. The van der Waals surface area contributed by atoms with Crippen molar-refractivity contribution in [1.29, 1.82) is 0 Å². The number of rotatable bonds is 5. The van der Waals surface area contributed by atoms with Gasteiger partial charge in [0.05, 0.1) is 5.92 Å². The summed E-state index contributed by atoms with van der Waals surface area (Å²) in [5, 5.41) is 0. The maximum absolute atomic E-state index is 12.4. The zero-order valence-corrected chi connectivity index (χ0v) is 15.0. The molecule has 0 spiro atoms. The molecule has 1 amide bonds. The van der Waals surface area contributed by atoms with Crippen LogP contribution in [0, 0.1) is 12.8 Å². The van der Waals surface area contributed by atoms with E-state index in [1.807, 2.05) is 17.2 Å². The van der Waals surface area contributed by atoms with Gasteiger partial charge in [-0.3, -0.25) is 4.79 Å². The van der Waals surface area contributed by atoms with E-state index in [1.165, 1.54) is 36.9 Å². The number of carbonyl (C=O) groups is 1. The van der Waals surface area contributed by atoms with Crippen LogP contribution < -0.4 is 0 Å². The van der Waals surface area contributed by atoms with Gasteiger partial charge in [-0.15, -0.1) is 0 Å². The number of aryl methyl sites for hydroxylation is 1. The monoisotopic (exact) mass is 337 g/mol. The van der Waals surface area contributed by atoms with Gasteiger partial charge in [-0.2, -0.15) is 0 Å². The van der Waals surface area contributed by atoms with Gasteiger partial charge in [0.1, 0.15) is 5.82 Å². The SMILES string of the molecule is Cc1cnc(C2CN(C(=O)CC3CCCC3)C2)n1Cc1ccccc1. The zero-order valence-electron chi connectivity index (χ0n) is 15.0. The summed E-state index contributed by atoms with van der Waals surface area (Å²) in [6.07, 6.45) is 7.80. The Balaban J connectivity index is 1.38. The Labute approximate surface area is 149 Å². The average molecular weight is 337 g/mol. The van der Waals surface area contributed by atoms with Crippen LogP contribution in [0.3, 0.4) is 0 Å². The molecule has 0 bridgehead atoms. The van der Waals surface area contributed by atoms with E-state index < -0.39 is 0 Å². The minimum absolute atomic E-state index is 0.348. The summed E-state index contributed by atoms with van der Waals surface area (Å²) < 4.78 is 2.30. The molecule has 1 aromatic carbocycles. The van der Waals surface area contributed by atoms with Crippen molar-refractivity contribution in [1.82, 2.24) is 14.5 Å². The Hall–Kier alpha value is -2.10. The van der Waals surface area contributed by atoms with E-state index in [9.17, 15) is 4.79 Å². The maximum Gasteiger partial charge on any atom is 0.222 e. The van der Waals surface area contributed by atoms with Gasteiger partial charge < -0.3 is 9.47 Å². The second-order valence-electron chi connectivity index (χ2n) is 7.68. The summed E-state index contributed by atoms with van der Waals surface area (Å²) in [5.41, 5.74) is 2.48. The normalized spacial score (nSPS) is 18.5. The van der Waals surface area contributed by atoms with Crippen LogP contribution in [0.5, 0.6) is 0 Å². The van der Waals surface area contributed by atoms with Gasteiger partial charge in [-0.25, -0.2) is 4.98 Å². The number of benzene rings is 1. The van der Waals surface area contributed by atoms with Crippen LogP contribution in [0.2, 0.25) is 0 Å². The molecule has 0 unspecified atom stereocenters. The molecular weight excluding hydrogens is 310 g/mol.